The molecule has 1 aliphatic heterocycles. The zero-order chi connectivity index (χ0) is 19.9. The molecule has 0 fully saturated rings. The number of hydrogen-bond acceptors (Lipinski definition) is 8. The van der Waals surface area contributed by atoms with Crippen molar-refractivity contribution in [1.82, 2.24) is 25.1 Å². The summed E-state index contributed by atoms with van der Waals surface area (Å²) in [5.41, 5.74) is 4.07. The number of hydrogen-bond donors (Lipinski definition) is 2. The third-order valence-corrected chi connectivity index (χ3v) is 4.27. The Labute approximate surface area is 160 Å². The number of ether oxygens (including phenoxy) is 1. The maximum Gasteiger partial charge on any atom is 0.218 e. The van der Waals surface area contributed by atoms with Gasteiger partial charge in [0.05, 0.1) is 31.1 Å². The largest absolute Gasteiger partial charge is 0.481 e. The van der Waals surface area contributed by atoms with Gasteiger partial charge in [-0.15, -0.1) is 0 Å². The fourth-order valence-electron chi connectivity index (χ4n) is 2.94. The lowest BCUT2D eigenvalue weighted by Gasteiger charge is -2.17. The molecule has 3 aromatic heterocycles. The van der Waals surface area contributed by atoms with E-state index in [1.807, 2.05) is 20.8 Å². The Morgan fingerprint density at radius 2 is 2.18 bits per heavy atom. The molecule has 9 nitrogen and oxygen atoms in total. The van der Waals surface area contributed by atoms with E-state index in [1.54, 1.807) is 23.0 Å². The average Bonchev–Trinajstić information content (AvgIpc) is 3.24. The number of pyridine rings is 1. The quantitative estimate of drug-likeness (QED) is 0.696. The Morgan fingerprint density at radius 3 is 2.89 bits per heavy atom. The minimum absolute atomic E-state index is 0.288. The van der Waals surface area contributed by atoms with E-state index >= 15 is 0 Å². The van der Waals surface area contributed by atoms with Crippen LogP contribution in [0.15, 0.2) is 35.7 Å². The van der Waals surface area contributed by atoms with Gasteiger partial charge in [0.1, 0.15) is 11.6 Å². The topological polar surface area (TPSA) is 98.0 Å². The summed E-state index contributed by atoms with van der Waals surface area (Å²) >= 11 is 0. The van der Waals surface area contributed by atoms with Gasteiger partial charge in [0.15, 0.2) is 17.2 Å². The van der Waals surface area contributed by atoms with Crippen molar-refractivity contribution in [2.75, 3.05) is 12.4 Å². The summed E-state index contributed by atoms with van der Waals surface area (Å²) in [6.45, 7) is 5.57. The second-order valence-electron chi connectivity index (χ2n) is 6.87. The summed E-state index contributed by atoms with van der Waals surface area (Å²) in [7, 11) is 1.50. The number of halogens is 1. The lowest BCUT2D eigenvalue weighted by molar-refractivity contribution is -0.0269. The molecule has 0 radical (unpaired) electrons. The van der Waals surface area contributed by atoms with E-state index in [-0.39, 0.29) is 6.04 Å². The maximum absolute atomic E-state index is 13.6. The standard InChI is InChI=1S/C18H20FN7O2/c1-10(12-7-11(19)8-20-17(12)27-4)22-14-5-6-26-16(23-14)13(9-21-26)15-24-18(2,3)28-25-15/h5-10H,1-4H3,(H,22,23)(H,24,25)/t10-/m1/s1. The van der Waals surface area contributed by atoms with Gasteiger partial charge in [0.2, 0.25) is 5.88 Å². The van der Waals surface area contributed by atoms with Crippen LogP contribution in [0.25, 0.3) is 5.65 Å². The van der Waals surface area contributed by atoms with Crippen LogP contribution in [0.5, 0.6) is 5.88 Å². The molecule has 4 heterocycles. The van der Waals surface area contributed by atoms with Crippen molar-refractivity contribution in [2.24, 2.45) is 4.99 Å². The van der Waals surface area contributed by atoms with Crippen molar-refractivity contribution in [3.8, 4) is 5.88 Å². The molecule has 1 aliphatic rings. The highest BCUT2D eigenvalue weighted by Crippen LogP contribution is 2.26. The Kier molecular flexibility index (Phi) is 4.34. The molecule has 0 saturated carbocycles. The Hall–Kier alpha value is -3.27. The van der Waals surface area contributed by atoms with Crippen LogP contribution in [0.3, 0.4) is 0 Å². The number of aliphatic imine (C=N–C) groups is 1. The summed E-state index contributed by atoms with van der Waals surface area (Å²) in [5, 5.41) is 7.54. The normalized spacial score (nSPS) is 16.5. The molecule has 10 heteroatoms. The van der Waals surface area contributed by atoms with Crippen molar-refractivity contribution in [2.45, 2.75) is 32.5 Å². The minimum atomic E-state index is -0.658. The van der Waals surface area contributed by atoms with Crippen LogP contribution in [0.4, 0.5) is 10.2 Å². The molecule has 0 aromatic carbocycles. The van der Waals surface area contributed by atoms with E-state index < -0.39 is 11.5 Å². The fourth-order valence-corrected chi connectivity index (χ4v) is 2.94. The zero-order valence-electron chi connectivity index (χ0n) is 15.9. The summed E-state index contributed by atoms with van der Waals surface area (Å²) in [5.74, 6) is 1.08. The van der Waals surface area contributed by atoms with Crippen LogP contribution in [0.1, 0.15) is 37.9 Å². The summed E-state index contributed by atoms with van der Waals surface area (Å²) in [4.78, 5) is 18.5. The first-order valence-electron chi connectivity index (χ1n) is 8.71. The Balaban J connectivity index is 1.65. The van der Waals surface area contributed by atoms with E-state index in [2.05, 4.69) is 30.9 Å². The molecular weight excluding hydrogens is 365 g/mol. The first-order valence-corrected chi connectivity index (χ1v) is 8.71. The van der Waals surface area contributed by atoms with Gasteiger partial charge < -0.3 is 10.1 Å². The molecule has 0 aliphatic carbocycles. The lowest BCUT2D eigenvalue weighted by atomic mass is 10.1. The molecule has 0 amide bonds. The molecule has 28 heavy (non-hydrogen) atoms. The molecular formula is C18H20FN7O2. The van der Waals surface area contributed by atoms with Crippen molar-refractivity contribution < 1.29 is 14.0 Å². The van der Waals surface area contributed by atoms with Crippen molar-refractivity contribution in [1.29, 1.82) is 0 Å². The van der Waals surface area contributed by atoms with Gasteiger partial charge in [-0.2, -0.15) is 5.10 Å². The molecule has 0 bridgehead atoms. The summed E-state index contributed by atoms with van der Waals surface area (Å²) < 4.78 is 20.5. The monoisotopic (exact) mass is 385 g/mol. The zero-order valence-corrected chi connectivity index (χ0v) is 15.9. The summed E-state index contributed by atoms with van der Waals surface area (Å²) in [6.07, 6.45) is 4.58. The molecule has 3 aromatic rings. The van der Waals surface area contributed by atoms with E-state index in [1.165, 1.54) is 13.2 Å². The minimum Gasteiger partial charge on any atom is -0.481 e. The SMILES string of the molecule is COc1ncc(F)cc1[C@@H](C)Nc1ccn2ncc(C3=NC(C)(C)ON3)c2n1. The molecule has 146 valence electrons. The van der Waals surface area contributed by atoms with Gasteiger partial charge in [0, 0.05) is 11.8 Å². The van der Waals surface area contributed by atoms with Gasteiger partial charge in [-0.3, -0.25) is 0 Å². The number of anilines is 1. The molecule has 4 rings (SSSR count). The molecule has 2 N–H and O–H groups in total. The van der Waals surface area contributed by atoms with Crippen LogP contribution in [0, 0.1) is 5.82 Å². The van der Waals surface area contributed by atoms with Gasteiger partial charge in [-0.1, -0.05) is 0 Å². The van der Waals surface area contributed by atoms with E-state index in [0.29, 0.717) is 34.3 Å². The van der Waals surface area contributed by atoms with Gasteiger partial charge in [-0.05, 0) is 32.9 Å². The highest BCUT2D eigenvalue weighted by atomic mass is 19.1. The van der Waals surface area contributed by atoms with Crippen LogP contribution < -0.4 is 15.5 Å². The summed E-state index contributed by atoms with van der Waals surface area (Å²) in [6, 6.07) is 2.89. The third-order valence-electron chi connectivity index (χ3n) is 4.27. The van der Waals surface area contributed by atoms with Crippen LogP contribution in [-0.4, -0.2) is 38.3 Å². The highest BCUT2D eigenvalue weighted by Gasteiger charge is 2.28. The third kappa shape index (κ3) is 3.33. The van der Waals surface area contributed by atoms with E-state index in [0.717, 1.165) is 6.20 Å². The second-order valence-corrected chi connectivity index (χ2v) is 6.87. The van der Waals surface area contributed by atoms with Crippen LogP contribution in [0.2, 0.25) is 0 Å². The van der Waals surface area contributed by atoms with Crippen LogP contribution >= 0.6 is 0 Å². The van der Waals surface area contributed by atoms with Crippen LogP contribution in [-0.2, 0) is 4.84 Å². The molecule has 0 saturated heterocycles. The predicted molar refractivity (Wildman–Crippen MR) is 101 cm³/mol. The Bertz CT molecular complexity index is 1060. The number of fused-ring (bicyclic) bond motifs is 1. The van der Waals surface area contributed by atoms with Crippen molar-refractivity contribution in [3.63, 3.8) is 0 Å². The number of methoxy groups -OCH3 is 1. The number of nitrogens with zero attached hydrogens (tertiary/aromatic N) is 5. The fraction of sp³-hybridized carbons (Fsp3) is 0.333. The highest BCUT2D eigenvalue weighted by molar-refractivity contribution is 6.03. The van der Waals surface area contributed by atoms with Gasteiger partial charge in [-0.25, -0.2) is 34.2 Å². The first-order chi connectivity index (χ1) is 13.4. The number of amidine groups is 1. The maximum atomic E-state index is 13.6. The first kappa shape index (κ1) is 18.1. The average molecular weight is 385 g/mol. The Morgan fingerprint density at radius 1 is 1.36 bits per heavy atom. The number of nitrogens with one attached hydrogen (secondary N) is 2. The van der Waals surface area contributed by atoms with Gasteiger partial charge in [0.25, 0.3) is 0 Å². The number of aromatic nitrogens is 4. The van der Waals surface area contributed by atoms with E-state index in [4.69, 9.17) is 9.57 Å². The number of rotatable bonds is 5. The smallest absolute Gasteiger partial charge is 0.218 e. The number of hydroxylamine groups is 1. The van der Waals surface area contributed by atoms with E-state index in [9.17, 15) is 4.39 Å². The van der Waals surface area contributed by atoms with Crippen molar-refractivity contribution in [3.05, 3.63) is 47.7 Å². The van der Waals surface area contributed by atoms with Crippen molar-refractivity contribution >= 4 is 17.3 Å². The predicted octanol–water partition coefficient (Wildman–Crippen LogP) is 2.46. The molecule has 1 atom stereocenters. The second kappa shape index (κ2) is 6.71. The van der Waals surface area contributed by atoms with Gasteiger partial charge >= 0.3 is 0 Å². The molecule has 0 spiro atoms. The lowest BCUT2D eigenvalue weighted by Crippen LogP contribution is -2.23. The molecule has 0 unspecified atom stereocenters.